The maximum Gasteiger partial charge on any atom is 0.332 e. The summed E-state index contributed by atoms with van der Waals surface area (Å²) in [4.78, 5) is 12.0. The number of nitrogens with zero attached hydrogens (tertiary/aromatic N) is 2. The van der Waals surface area contributed by atoms with Gasteiger partial charge in [-0.1, -0.05) is 31.4 Å². The maximum absolute atomic E-state index is 12.0. The minimum Gasteiger partial charge on any atom is -0.321 e. The van der Waals surface area contributed by atoms with Crippen molar-refractivity contribution in [3.8, 4) is 5.69 Å². The number of aromatic nitrogens is 2. The molecule has 1 heterocycles. The van der Waals surface area contributed by atoms with Gasteiger partial charge in [0, 0.05) is 25.0 Å². The molecule has 1 aromatic carbocycles. The summed E-state index contributed by atoms with van der Waals surface area (Å²) >= 11 is 0. The van der Waals surface area contributed by atoms with Crippen LogP contribution in [0.25, 0.3) is 5.69 Å². The fourth-order valence-corrected chi connectivity index (χ4v) is 3.10. The van der Waals surface area contributed by atoms with Crippen molar-refractivity contribution in [3.63, 3.8) is 0 Å². The molecule has 20 heavy (non-hydrogen) atoms. The van der Waals surface area contributed by atoms with Gasteiger partial charge in [0.05, 0.1) is 5.69 Å². The van der Waals surface area contributed by atoms with Crippen molar-refractivity contribution >= 4 is 0 Å². The lowest BCUT2D eigenvalue weighted by molar-refractivity contribution is 0.302. The maximum atomic E-state index is 12.0. The Balaban J connectivity index is 2.01. The molecule has 1 fully saturated rings. The third kappa shape index (κ3) is 2.20. The zero-order valence-electron chi connectivity index (χ0n) is 11.9. The molecule has 4 heteroatoms. The van der Waals surface area contributed by atoms with Gasteiger partial charge in [-0.05, 0) is 30.5 Å². The summed E-state index contributed by atoms with van der Waals surface area (Å²) in [6.45, 7) is 0. The Hall–Kier alpha value is -1.81. The molecule has 0 saturated heterocycles. The number of nitrogens with two attached hydrogens (primary N) is 1. The predicted molar refractivity (Wildman–Crippen MR) is 80.0 cm³/mol. The Morgan fingerprint density at radius 1 is 1.15 bits per heavy atom. The molecule has 106 valence electrons. The van der Waals surface area contributed by atoms with E-state index in [9.17, 15) is 4.79 Å². The minimum absolute atomic E-state index is 0.0307. The molecule has 1 aliphatic rings. The third-order valence-corrected chi connectivity index (χ3v) is 4.39. The van der Waals surface area contributed by atoms with Gasteiger partial charge >= 0.3 is 5.69 Å². The molecule has 0 amide bonds. The largest absolute Gasteiger partial charge is 0.332 e. The molecule has 0 bridgehead atoms. The van der Waals surface area contributed by atoms with E-state index in [0.717, 1.165) is 24.1 Å². The average Bonchev–Trinajstić information content (AvgIpc) is 2.80. The standard InChI is InChI=1S/C16H21N3O/c1-18-10-11-19(15(18)20)14-7-5-6-13(12-14)16(17)8-3-2-4-9-16/h5-7,10-12H,2-4,8-9,17H2,1H3. The number of aryl methyl sites for hydroxylation is 1. The number of rotatable bonds is 2. The first-order valence-corrected chi connectivity index (χ1v) is 7.24. The van der Waals surface area contributed by atoms with Crippen LogP contribution >= 0.6 is 0 Å². The molecule has 4 nitrogen and oxygen atoms in total. The highest BCUT2D eigenvalue weighted by Gasteiger charge is 2.29. The highest BCUT2D eigenvalue weighted by atomic mass is 16.1. The molecule has 0 spiro atoms. The second-order valence-corrected chi connectivity index (χ2v) is 5.83. The van der Waals surface area contributed by atoms with Gasteiger partial charge in [0.15, 0.2) is 0 Å². The fraction of sp³-hybridized carbons (Fsp3) is 0.438. The highest BCUT2D eigenvalue weighted by molar-refractivity contribution is 5.39. The quantitative estimate of drug-likeness (QED) is 0.911. The summed E-state index contributed by atoms with van der Waals surface area (Å²) in [5.41, 5.74) is 8.35. The number of imidazole rings is 1. The zero-order valence-corrected chi connectivity index (χ0v) is 11.9. The average molecular weight is 271 g/mol. The van der Waals surface area contributed by atoms with Crippen molar-refractivity contribution in [1.82, 2.24) is 9.13 Å². The van der Waals surface area contributed by atoms with Gasteiger partial charge in [-0.2, -0.15) is 0 Å². The summed E-state index contributed by atoms with van der Waals surface area (Å²) in [5.74, 6) is 0. The summed E-state index contributed by atoms with van der Waals surface area (Å²) in [5, 5.41) is 0. The Morgan fingerprint density at radius 2 is 1.90 bits per heavy atom. The molecule has 0 aliphatic heterocycles. The van der Waals surface area contributed by atoms with Crippen LogP contribution in [-0.4, -0.2) is 9.13 Å². The first kappa shape index (κ1) is 13.2. The number of benzene rings is 1. The lowest BCUT2D eigenvalue weighted by atomic mass is 9.77. The molecule has 1 saturated carbocycles. The van der Waals surface area contributed by atoms with Gasteiger partial charge < -0.3 is 10.3 Å². The Morgan fingerprint density at radius 3 is 2.55 bits per heavy atom. The van der Waals surface area contributed by atoms with E-state index in [0.29, 0.717) is 0 Å². The molecular formula is C16H21N3O. The molecule has 3 rings (SSSR count). The summed E-state index contributed by atoms with van der Waals surface area (Å²) in [6, 6.07) is 8.10. The summed E-state index contributed by atoms with van der Waals surface area (Å²) in [7, 11) is 1.76. The molecule has 2 aromatic rings. The molecule has 0 atom stereocenters. The SMILES string of the molecule is Cn1ccn(-c2cccc(C3(N)CCCCC3)c2)c1=O. The second kappa shape index (κ2) is 4.94. The Kier molecular flexibility index (Phi) is 3.26. The molecule has 2 N–H and O–H groups in total. The predicted octanol–water partition coefficient (Wildman–Crippen LogP) is 2.29. The first-order valence-electron chi connectivity index (χ1n) is 7.24. The van der Waals surface area contributed by atoms with Gasteiger partial charge in [-0.15, -0.1) is 0 Å². The Labute approximate surface area is 118 Å². The van der Waals surface area contributed by atoms with Crippen LogP contribution < -0.4 is 11.4 Å². The number of hydrogen-bond acceptors (Lipinski definition) is 2. The van der Waals surface area contributed by atoms with Crippen molar-refractivity contribution in [1.29, 1.82) is 0 Å². The first-order chi connectivity index (χ1) is 9.60. The van der Waals surface area contributed by atoms with Crippen LogP contribution in [0.4, 0.5) is 0 Å². The summed E-state index contributed by atoms with van der Waals surface area (Å²) < 4.78 is 3.24. The van der Waals surface area contributed by atoms with Gasteiger partial charge in [-0.25, -0.2) is 4.79 Å². The molecule has 1 aliphatic carbocycles. The molecule has 0 radical (unpaired) electrons. The molecular weight excluding hydrogens is 250 g/mol. The zero-order chi connectivity index (χ0) is 14.2. The van der Waals surface area contributed by atoms with Crippen LogP contribution in [0.5, 0.6) is 0 Å². The van der Waals surface area contributed by atoms with Crippen molar-refractivity contribution in [3.05, 3.63) is 52.7 Å². The Bertz CT molecular complexity index is 662. The van der Waals surface area contributed by atoms with Crippen LogP contribution in [0.15, 0.2) is 41.5 Å². The van der Waals surface area contributed by atoms with E-state index in [-0.39, 0.29) is 11.2 Å². The van der Waals surface area contributed by atoms with Crippen LogP contribution in [0.2, 0.25) is 0 Å². The van der Waals surface area contributed by atoms with E-state index in [1.165, 1.54) is 19.3 Å². The van der Waals surface area contributed by atoms with E-state index in [1.54, 1.807) is 28.6 Å². The van der Waals surface area contributed by atoms with Gasteiger partial charge in [0.25, 0.3) is 0 Å². The van der Waals surface area contributed by atoms with Crippen molar-refractivity contribution < 1.29 is 0 Å². The van der Waals surface area contributed by atoms with E-state index >= 15 is 0 Å². The van der Waals surface area contributed by atoms with E-state index in [4.69, 9.17) is 5.73 Å². The van der Waals surface area contributed by atoms with Crippen LogP contribution in [-0.2, 0) is 12.6 Å². The highest BCUT2D eigenvalue weighted by Crippen LogP contribution is 2.35. The van der Waals surface area contributed by atoms with Crippen LogP contribution in [0.3, 0.4) is 0 Å². The van der Waals surface area contributed by atoms with E-state index in [1.807, 2.05) is 12.1 Å². The van der Waals surface area contributed by atoms with Gasteiger partial charge in [0.2, 0.25) is 0 Å². The van der Waals surface area contributed by atoms with E-state index < -0.39 is 0 Å². The van der Waals surface area contributed by atoms with Crippen molar-refractivity contribution in [2.75, 3.05) is 0 Å². The molecule has 0 unspecified atom stereocenters. The van der Waals surface area contributed by atoms with Crippen molar-refractivity contribution in [2.45, 2.75) is 37.6 Å². The van der Waals surface area contributed by atoms with Crippen LogP contribution in [0.1, 0.15) is 37.7 Å². The molecule has 1 aromatic heterocycles. The number of hydrogen-bond donors (Lipinski definition) is 1. The van der Waals surface area contributed by atoms with Crippen molar-refractivity contribution in [2.24, 2.45) is 12.8 Å². The van der Waals surface area contributed by atoms with E-state index in [2.05, 4.69) is 12.1 Å². The second-order valence-electron chi connectivity index (χ2n) is 5.83. The van der Waals surface area contributed by atoms with Crippen LogP contribution in [0, 0.1) is 0 Å². The normalized spacial score (nSPS) is 18.1. The monoisotopic (exact) mass is 271 g/mol. The lowest BCUT2D eigenvalue weighted by Gasteiger charge is -2.34. The summed E-state index contributed by atoms with van der Waals surface area (Å²) in [6.07, 6.45) is 9.27. The van der Waals surface area contributed by atoms with Gasteiger partial charge in [-0.3, -0.25) is 4.57 Å². The third-order valence-electron chi connectivity index (χ3n) is 4.39. The topological polar surface area (TPSA) is 52.9 Å². The fourth-order valence-electron chi connectivity index (χ4n) is 3.10. The lowest BCUT2D eigenvalue weighted by Crippen LogP contribution is -2.38. The smallest absolute Gasteiger partial charge is 0.321 e. The minimum atomic E-state index is -0.230. The van der Waals surface area contributed by atoms with Gasteiger partial charge in [0.1, 0.15) is 0 Å².